The van der Waals surface area contributed by atoms with E-state index >= 15 is 0 Å². The van der Waals surface area contributed by atoms with Gasteiger partial charge in [0.15, 0.2) is 0 Å². The summed E-state index contributed by atoms with van der Waals surface area (Å²) < 4.78 is 122. The van der Waals surface area contributed by atoms with Gasteiger partial charge in [0.1, 0.15) is 0 Å². The monoisotopic (exact) mass is 902 g/mol. The number of hydrogen-bond donors (Lipinski definition) is 0. The lowest BCUT2D eigenvalue weighted by molar-refractivity contribution is -0.138. The molecule has 0 saturated carbocycles. The van der Waals surface area contributed by atoms with Crippen LogP contribution in [-0.2, 0) is 18.5 Å². The first kappa shape index (κ1) is 52.4. The minimum absolute atomic E-state index is 0.392. The van der Waals surface area contributed by atoms with E-state index in [4.69, 9.17) is 0 Å². The Kier molecular flexibility index (Phi) is 15.9. The van der Waals surface area contributed by atoms with Crippen molar-refractivity contribution < 1.29 is 39.5 Å². The number of benzene rings is 6. The van der Waals surface area contributed by atoms with Crippen LogP contribution in [0.4, 0.5) is 39.5 Å². The van der Waals surface area contributed by atoms with Crippen LogP contribution in [0.25, 0.3) is 33.4 Å². The second-order valence-corrected chi connectivity index (χ2v) is 16.5. The molecule has 0 aliphatic rings. The maximum atomic E-state index is 13.6. The van der Waals surface area contributed by atoms with Gasteiger partial charge in [-0.25, -0.2) is 0 Å². The molecule has 0 N–H and O–H groups in total. The Labute approximate surface area is 380 Å². The third kappa shape index (κ3) is 9.83. The van der Waals surface area contributed by atoms with Gasteiger partial charge < -0.3 is 0 Å². The fraction of sp³-hybridized carbons (Fsp3) is 0.345. The molecule has 6 aromatic rings. The predicted molar refractivity (Wildman–Crippen MR) is 255 cm³/mol. The van der Waals surface area contributed by atoms with E-state index in [1.54, 1.807) is 0 Å². The molecule has 0 spiro atoms. The minimum atomic E-state index is -4.48. The van der Waals surface area contributed by atoms with Crippen molar-refractivity contribution in [1.29, 1.82) is 0 Å². The number of rotatable bonds is 6. The fourth-order valence-electron chi connectivity index (χ4n) is 9.53. The van der Waals surface area contributed by atoms with Crippen LogP contribution in [0, 0.1) is 83.1 Å². The summed E-state index contributed by atoms with van der Waals surface area (Å²) in [6.45, 7) is 31.8. The summed E-state index contributed by atoms with van der Waals surface area (Å²) in [6, 6.07) is 15.7. The molecule has 0 aliphatic heterocycles. The van der Waals surface area contributed by atoms with Crippen molar-refractivity contribution in [3.63, 3.8) is 0 Å². The highest BCUT2D eigenvalue weighted by molar-refractivity contribution is 6.97. The van der Waals surface area contributed by atoms with E-state index in [2.05, 4.69) is 0 Å². The van der Waals surface area contributed by atoms with Crippen LogP contribution in [-0.4, -0.2) is 6.71 Å². The van der Waals surface area contributed by atoms with Crippen molar-refractivity contribution >= 4 is 23.1 Å². The highest BCUT2D eigenvalue weighted by Gasteiger charge is 2.37. The van der Waals surface area contributed by atoms with Crippen LogP contribution >= 0.6 is 0 Å². The molecule has 346 valence electrons. The van der Waals surface area contributed by atoms with Gasteiger partial charge in [0.05, 0.1) is 16.7 Å². The summed E-state index contributed by atoms with van der Waals surface area (Å²) >= 11 is 0. The molecule has 0 amide bonds. The summed E-state index contributed by atoms with van der Waals surface area (Å²) in [4.78, 5) is 0. The quantitative estimate of drug-likeness (QED) is 0.115. The van der Waals surface area contributed by atoms with Gasteiger partial charge in [0.25, 0.3) is 0 Å². The maximum Gasteiger partial charge on any atom is 0.416 e. The van der Waals surface area contributed by atoms with Gasteiger partial charge in [-0.3, -0.25) is 0 Å². The van der Waals surface area contributed by atoms with Gasteiger partial charge in [-0.1, -0.05) is 114 Å². The molecule has 65 heavy (non-hydrogen) atoms. The third-order valence-electron chi connectivity index (χ3n) is 13.4. The van der Waals surface area contributed by atoms with Crippen molar-refractivity contribution in [2.45, 2.75) is 129 Å². The zero-order chi connectivity index (χ0) is 49.4. The molecule has 0 unspecified atom stereocenters. The average molecular weight is 903 g/mol. The minimum Gasteiger partial charge on any atom is -0.166 e. The van der Waals surface area contributed by atoms with Crippen LogP contribution in [0.1, 0.15) is 111 Å². The van der Waals surface area contributed by atoms with Gasteiger partial charge in [-0.15, -0.1) is 0 Å². The highest BCUT2D eigenvalue weighted by Crippen LogP contribution is 2.39. The van der Waals surface area contributed by atoms with Crippen molar-refractivity contribution in [1.82, 2.24) is 0 Å². The second kappa shape index (κ2) is 19.7. The molecule has 0 bridgehead atoms. The summed E-state index contributed by atoms with van der Waals surface area (Å²) in [7, 11) is 0. The summed E-state index contributed by atoms with van der Waals surface area (Å²) in [5, 5.41) is 0. The predicted octanol–water partition coefficient (Wildman–Crippen LogP) is 16.0. The molecule has 0 nitrogen and oxygen atoms in total. The van der Waals surface area contributed by atoms with Crippen molar-refractivity contribution in [2.75, 3.05) is 0 Å². The SMILES string of the molecule is CC.CC.Cc1c(C)c(-c2ccc(C(F)(F)F)cc2)c(C)c(C)c1B(c1c(C)c(C)c(-c2ccc(C(F)(F)F)cc2)c(C)c1C)c1c(C)c(C)c(-c2ccc(C(F)(F)F)cc2)c(C)c1C. The first-order chi connectivity index (χ1) is 30.2. The molecular formula is C55H60BF9. The first-order valence-corrected chi connectivity index (χ1v) is 22.0. The second-order valence-electron chi connectivity index (χ2n) is 16.5. The molecular weight excluding hydrogens is 842 g/mol. The van der Waals surface area contributed by atoms with E-state index in [0.717, 1.165) is 136 Å². The van der Waals surface area contributed by atoms with Gasteiger partial charge >= 0.3 is 18.5 Å². The van der Waals surface area contributed by atoms with E-state index in [9.17, 15) is 39.5 Å². The van der Waals surface area contributed by atoms with Crippen molar-refractivity contribution in [3.8, 4) is 33.4 Å². The Bertz CT molecular complexity index is 2290. The highest BCUT2D eigenvalue weighted by atomic mass is 19.4. The molecule has 6 rings (SSSR count). The van der Waals surface area contributed by atoms with Crippen molar-refractivity contribution in [2.24, 2.45) is 0 Å². The summed E-state index contributed by atoms with van der Waals surface area (Å²) in [6.07, 6.45) is -13.4. The molecule has 0 aromatic heterocycles. The summed E-state index contributed by atoms with van der Waals surface area (Å²) in [5.41, 5.74) is 16.7. The van der Waals surface area contributed by atoms with Crippen LogP contribution in [0.15, 0.2) is 72.8 Å². The lowest BCUT2D eigenvalue weighted by Crippen LogP contribution is -2.58. The van der Waals surface area contributed by atoms with Crippen LogP contribution < -0.4 is 16.4 Å². The molecule has 0 aliphatic carbocycles. The Morgan fingerprint density at radius 2 is 0.415 bits per heavy atom. The van der Waals surface area contributed by atoms with E-state index in [1.807, 2.05) is 111 Å². The first-order valence-electron chi connectivity index (χ1n) is 22.0. The van der Waals surface area contributed by atoms with Crippen LogP contribution in [0.2, 0.25) is 0 Å². The maximum absolute atomic E-state index is 13.6. The van der Waals surface area contributed by atoms with Gasteiger partial charge in [-0.05, 0) is 186 Å². The Morgan fingerprint density at radius 1 is 0.262 bits per heavy atom. The zero-order valence-corrected chi connectivity index (χ0v) is 40.4. The van der Waals surface area contributed by atoms with Crippen LogP contribution in [0.3, 0.4) is 0 Å². The van der Waals surface area contributed by atoms with E-state index in [1.165, 1.54) is 36.4 Å². The molecule has 0 saturated heterocycles. The van der Waals surface area contributed by atoms with E-state index < -0.39 is 41.9 Å². The summed E-state index contributed by atoms with van der Waals surface area (Å²) in [5.74, 6) is 0. The molecule has 10 heteroatoms. The van der Waals surface area contributed by atoms with Gasteiger partial charge in [0.2, 0.25) is 6.71 Å². The van der Waals surface area contributed by atoms with E-state index in [0.29, 0.717) is 16.7 Å². The lowest BCUT2D eigenvalue weighted by atomic mass is 9.32. The topological polar surface area (TPSA) is 0 Å². The number of halogens is 9. The largest absolute Gasteiger partial charge is 0.416 e. The molecule has 0 heterocycles. The molecule has 6 aromatic carbocycles. The molecule has 0 radical (unpaired) electrons. The Morgan fingerprint density at radius 3 is 0.554 bits per heavy atom. The smallest absolute Gasteiger partial charge is 0.166 e. The number of alkyl halides is 9. The average Bonchev–Trinajstić information content (AvgIpc) is 3.25. The normalized spacial score (nSPS) is 11.8. The van der Waals surface area contributed by atoms with Crippen LogP contribution in [0.5, 0.6) is 0 Å². The van der Waals surface area contributed by atoms with Crippen molar-refractivity contribution in [3.05, 3.63) is 156 Å². The fourth-order valence-corrected chi connectivity index (χ4v) is 9.53. The van der Waals surface area contributed by atoms with E-state index in [-0.39, 0.29) is 0 Å². The standard InChI is InChI=1S/C51H48BF9.2C2H6/c1-25-31(7)46(32(8)26(2)43(25)37-13-19-40(20-14-37)49(53,54)55)52(47-33(9)27(3)44(28(4)34(47)10)38-15-21-41(22-16-38)50(56,57)58)48-35(11)29(5)45(30(6)36(48)12)39-17-23-42(24-18-39)51(59,60)61;2*1-2/h13-24H,1-12H3;2*1-2H3. The van der Waals surface area contributed by atoms with Gasteiger partial charge in [-0.2, -0.15) is 39.5 Å². The van der Waals surface area contributed by atoms with Gasteiger partial charge in [0, 0.05) is 0 Å². The third-order valence-corrected chi connectivity index (χ3v) is 13.4. The Balaban J connectivity index is 0.00000225. The zero-order valence-electron chi connectivity index (χ0n) is 40.4. The Hall–Kier alpha value is -5.25. The number of hydrogen-bond acceptors (Lipinski definition) is 0. The lowest BCUT2D eigenvalue weighted by Gasteiger charge is -2.33. The molecule has 0 fully saturated rings. The molecule has 0 atom stereocenters.